The van der Waals surface area contributed by atoms with Gasteiger partial charge < -0.3 is 20.1 Å². The van der Waals surface area contributed by atoms with Gasteiger partial charge in [0, 0.05) is 22.8 Å². The van der Waals surface area contributed by atoms with Crippen LogP contribution in [0.3, 0.4) is 0 Å². The Kier molecular flexibility index (Phi) is 8.65. The van der Waals surface area contributed by atoms with Crippen LogP contribution in [-0.4, -0.2) is 24.4 Å². The van der Waals surface area contributed by atoms with Crippen LogP contribution in [0.15, 0.2) is 66.7 Å². The molecule has 2 amide bonds. The summed E-state index contributed by atoms with van der Waals surface area (Å²) < 4.78 is 10.8. The van der Waals surface area contributed by atoms with Gasteiger partial charge >= 0.3 is 5.97 Å². The van der Waals surface area contributed by atoms with Gasteiger partial charge in [-0.05, 0) is 67.4 Å². The van der Waals surface area contributed by atoms with E-state index in [1.807, 2.05) is 31.2 Å². The zero-order chi connectivity index (χ0) is 24.5. The molecule has 3 aromatic rings. The van der Waals surface area contributed by atoms with Crippen molar-refractivity contribution < 1.29 is 23.9 Å². The minimum Gasteiger partial charge on any atom is -0.457 e. The summed E-state index contributed by atoms with van der Waals surface area (Å²) in [5, 5.41) is 5.87. The Morgan fingerprint density at radius 3 is 2.29 bits per heavy atom. The van der Waals surface area contributed by atoms with Crippen LogP contribution < -0.4 is 15.4 Å². The molecule has 176 valence electrons. The summed E-state index contributed by atoms with van der Waals surface area (Å²) in [6.07, 6.45) is -0.223. The Labute approximate surface area is 203 Å². The molecule has 7 nitrogen and oxygen atoms in total. The molecule has 0 radical (unpaired) electrons. The number of anilines is 2. The summed E-state index contributed by atoms with van der Waals surface area (Å²) in [4.78, 5) is 36.0. The number of carbonyl (C=O) groups is 3. The molecule has 3 rings (SSSR count). The molecule has 0 aliphatic rings. The number of ether oxygens (including phenoxy) is 2. The van der Waals surface area contributed by atoms with Crippen LogP contribution in [0.4, 0.5) is 11.4 Å². The van der Waals surface area contributed by atoms with E-state index in [-0.39, 0.29) is 18.7 Å². The van der Waals surface area contributed by atoms with Gasteiger partial charge in [0.25, 0.3) is 5.91 Å². The molecule has 0 heterocycles. The second kappa shape index (κ2) is 11.9. The standard InChI is InChI=1S/C26H25ClN2O5/c1-17-6-3-4-9-23(17)34-20-12-10-19(11-13-20)28-24(30)14-15-26(32)33-16-25(31)29-22-8-5-7-21(27)18(22)2/h3-13H,14-16H2,1-2H3,(H,28,30)(H,29,31). The number of carbonyl (C=O) groups excluding carboxylic acids is 3. The van der Waals surface area contributed by atoms with Crippen molar-refractivity contribution in [2.45, 2.75) is 26.7 Å². The number of rotatable bonds is 9. The maximum absolute atomic E-state index is 12.1. The van der Waals surface area contributed by atoms with Gasteiger partial charge in [-0.25, -0.2) is 0 Å². The first-order valence-electron chi connectivity index (χ1n) is 10.7. The highest BCUT2D eigenvalue weighted by Crippen LogP contribution is 2.26. The van der Waals surface area contributed by atoms with E-state index in [1.54, 1.807) is 49.4 Å². The number of hydrogen-bond donors (Lipinski definition) is 2. The minimum absolute atomic E-state index is 0.0741. The lowest BCUT2D eigenvalue weighted by Crippen LogP contribution is -2.22. The molecule has 0 aliphatic carbocycles. The molecule has 0 saturated carbocycles. The second-order valence-corrected chi connectivity index (χ2v) is 7.97. The number of amides is 2. The van der Waals surface area contributed by atoms with Gasteiger partial charge in [-0.15, -0.1) is 0 Å². The van der Waals surface area contributed by atoms with Gasteiger partial charge in [0.2, 0.25) is 5.91 Å². The lowest BCUT2D eigenvalue weighted by atomic mass is 10.2. The fraction of sp³-hybridized carbons (Fsp3) is 0.192. The first kappa shape index (κ1) is 24.8. The highest BCUT2D eigenvalue weighted by molar-refractivity contribution is 6.31. The summed E-state index contributed by atoms with van der Waals surface area (Å²) in [5.74, 6) is -0.0777. The Bertz CT molecular complexity index is 1180. The van der Waals surface area contributed by atoms with E-state index in [1.165, 1.54) is 0 Å². The third-order valence-electron chi connectivity index (χ3n) is 4.92. The van der Waals surface area contributed by atoms with Gasteiger partial charge in [-0.3, -0.25) is 14.4 Å². The molecular weight excluding hydrogens is 456 g/mol. The van der Waals surface area contributed by atoms with Crippen LogP contribution in [0, 0.1) is 13.8 Å². The van der Waals surface area contributed by atoms with E-state index in [0.29, 0.717) is 22.1 Å². The Morgan fingerprint density at radius 2 is 1.56 bits per heavy atom. The highest BCUT2D eigenvalue weighted by Gasteiger charge is 2.12. The second-order valence-electron chi connectivity index (χ2n) is 7.56. The smallest absolute Gasteiger partial charge is 0.306 e. The summed E-state index contributed by atoms with van der Waals surface area (Å²) in [7, 11) is 0. The average Bonchev–Trinajstić information content (AvgIpc) is 2.82. The lowest BCUT2D eigenvalue weighted by molar-refractivity contribution is -0.147. The van der Waals surface area contributed by atoms with Crippen molar-refractivity contribution in [2.24, 2.45) is 0 Å². The third-order valence-corrected chi connectivity index (χ3v) is 5.33. The Morgan fingerprint density at radius 1 is 0.824 bits per heavy atom. The number of benzene rings is 3. The van der Waals surface area contributed by atoms with Crippen molar-refractivity contribution in [1.82, 2.24) is 0 Å². The molecule has 0 atom stereocenters. The predicted octanol–water partition coefficient (Wildman–Crippen LogP) is 5.65. The lowest BCUT2D eigenvalue weighted by Gasteiger charge is -2.10. The van der Waals surface area contributed by atoms with Gasteiger partial charge in [0.05, 0.1) is 6.42 Å². The topological polar surface area (TPSA) is 93.7 Å². The Balaban J connectivity index is 1.38. The molecule has 0 unspecified atom stereocenters. The fourth-order valence-corrected chi connectivity index (χ4v) is 3.17. The van der Waals surface area contributed by atoms with Crippen LogP contribution >= 0.6 is 11.6 Å². The summed E-state index contributed by atoms with van der Waals surface area (Å²) in [5.41, 5.74) is 2.86. The minimum atomic E-state index is -0.643. The molecular formula is C26H25ClN2O5. The van der Waals surface area contributed by atoms with Gasteiger partial charge in [0.15, 0.2) is 6.61 Å². The molecule has 0 aliphatic heterocycles. The number of hydrogen-bond acceptors (Lipinski definition) is 5. The van der Waals surface area contributed by atoms with Crippen LogP contribution in [0.25, 0.3) is 0 Å². The first-order valence-corrected chi connectivity index (χ1v) is 11.0. The molecule has 34 heavy (non-hydrogen) atoms. The van der Waals surface area contributed by atoms with E-state index < -0.39 is 18.5 Å². The normalized spacial score (nSPS) is 10.3. The van der Waals surface area contributed by atoms with Crippen molar-refractivity contribution in [1.29, 1.82) is 0 Å². The molecule has 3 aromatic carbocycles. The van der Waals surface area contributed by atoms with E-state index in [2.05, 4.69) is 10.6 Å². The molecule has 8 heteroatoms. The number of nitrogens with one attached hydrogen (secondary N) is 2. The summed E-state index contributed by atoms with van der Waals surface area (Å²) >= 11 is 6.02. The Hall–Kier alpha value is -3.84. The summed E-state index contributed by atoms with van der Waals surface area (Å²) in [6.45, 7) is 3.28. The third kappa shape index (κ3) is 7.35. The van der Waals surface area contributed by atoms with Crippen molar-refractivity contribution in [2.75, 3.05) is 17.2 Å². The average molecular weight is 481 g/mol. The summed E-state index contributed by atoms with van der Waals surface area (Å²) in [6, 6.07) is 19.7. The molecule has 0 aromatic heterocycles. The van der Waals surface area contributed by atoms with E-state index in [4.69, 9.17) is 21.1 Å². The maximum Gasteiger partial charge on any atom is 0.306 e. The highest BCUT2D eigenvalue weighted by atomic mass is 35.5. The van der Waals surface area contributed by atoms with Crippen molar-refractivity contribution in [3.8, 4) is 11.5 Å². The van der Waals surface area contributed by atoms with Gasteiger partial charge in [-0.1, -0.05) is 35.9 Å². The van der Waals surface area contributed by atoms with Crippen LogP contribution in [0.1, 0.15) is 24.0 Å². The van der Waals surface area contributed by atoms with Crippen LogP contribution in [0.2, 0.25) is 5.02 Å². The van der Waals surface area contributed by atoms with E-state index >= 15 is 0 Å². The number of aryl methyl sites for hydroxylation is 1. The molecule has 0 saturated heterocycles. The predicted molar refractivity (Wildman–Crippen MR) is 131 cm³/mol. The van der Waals surface area contributed by atoms with Gasteiger partial charge in [-0.2, -0.15) is 0 Å². The molecule has 2 N–H and O–H groups in total. The largest absolute Gasteiger partial charge is 0.457 e. The number of halogens is 1. The quantitative estimate of drug-likeness (QED) is 0.386. The zero-order valence-electron chi connectivity index (χ0n) is 18.9. The van der Waals surface area contributed by atoms with Crippen LogP contribution in [0.5, 0.6) is 11.5 Å². The maximum atomic E-state index is 12.1. The molecule has 0 spiro atoms. The first-order chi connectivity index (χ1) is 16.3. The van der Waals surface area contributed by atoms with Crippen molar-refractivity contribution in [3.05, 3.63) is 82.9 Å². The van der Waals surface area contributed by atoms with Crippen molar-refractivity contribution >= 4 is 40.8 Å². The SMILES string of the molecule is Cc1ccccc1Oc1ccc(NC(=O)CCC(=O)OCC(=O)Nc2cccc(Cl)c2C)cc1. The van der Waals surface area contributed by atoms with E-state index in [9.17, 15) is 14.4 Å². The fourth-order valence-electron chi connectivity index (χ4n) is 2.99. The van der Waals surface area contributed by atoms with Gasteiger partial charge in [0.1, 0.15) is 11.5 Å². The molecule has 0 fully saturated rings. The van der Waals surface area contributed by atoms with E-state index in [0.717, 1.165) is 16.9 Å². The number of esters is 1. The van der Waals surface area contributed by atoms with Crippen LogP contribution in [-0.2, 0) is 19.1 Å². The monoisotopic (exact) mass is 480 g/mol. The zero-order valence-corrected chi connectivity index (χ0v) is 19.6. The number of para-hydroxylation sites is 1. The van der Waals surface area contributed by atoms with Crippen molar-refractivity contribution in [3.63, 3.8) is 0 Å². The molecule has 0 bridgehead atoms.